The van der Waals surface area contributed by atoms with Gasteiger partial charge in [0.2, 0.25) is 15.8 Å². The molecule has 0 bridgehead atoms. The summed E-state index contributed by atoms with van der Waals surface area (Å²) >= 11 is 1.13. The monoisotopic (exact) mass is 367 g/mol. The molecule has 1 aromatic carbocycles. The van der Waals surface area contributed by atoms with Crippen LogP contribution in [0.5, 0.6) is 0 Å². The number of nitrogens with one attached hydrogen (secondary N) is 1. The number of hydrogen-bond donors (Lipinski definition) is 1. The largest absolute Gasteiger partial charge is 0.464 e. The third-order valence-electron chi connectivity index (χ3n) is 3.20. The first kappa shape index (κ1) is 18.3. The van der Waals surface area contributed by atoms with Crippen molar-refractivity contribution >= 4 is 33.1 Å². The maximum atomic E-state index is 12.6. The molecule has 0 radical (unpaired) electrons. The molecule has 1 aromatic heterocycles. The van der Waals surface area contributed by atoms with E-state index in [2.05, 4.69) is 4.72 Å². The predicted octanol–water partition coefficient (Wildman–Crippen LogP) is 2.15. The Hall–Kier alpha value is -2.03. The van der Waals surface area contributed by atoms with Gasteiger partial charge in [-0.25, -0.2) is 13.2 Å². The van der Waals surface area contributed by atoms with Crippen LogP contribution in [0.1, 0.15) is 22.2 Å². The van der Waals surface area contributed by atoms with E-state index >= 15 is 0 Å². The minimum Gasteiger partial charge on any atom is -0.464 e. The number of ketones is 1. The predicted molar refractivity (Wildman–Crippen MR) is 90.6 cm³/mol. The Bertz CT molecular complexity index is 828. The number of rotatable bonds is 7. The quantitative estimate of drug-likeness (QED) is 0.460. The normalized spacial score (nSPS) is 12.6. The lowest BCUT2D eigenvalue weighted by Crippen LogP contribution is -2.47. The van der Waals surface area contributed by atoms with E-state index in [1.54, 1.807) is 43.5 Å². The van der Waals surface area contributed by atoms with E-state index in [-0.39, 0.29) is 16.4 Å². The molecule has 2 aromatic rings. The topological polar surface area (TPSA) is 89.5 Å². The van der Waals surface area contributed by atoms with Crippen molar-refractivity contribution in [1.29, 1.82) is 0 Å². The number of Topliss-reactive ketones (excluding diaryl/α,β-unsaturated/α-hetero) is 1. The lowest BCUT2D eigenvalue weighted by Gasteiger charge is -2.16. The molecule has 0 amide bonds. The van der Waals surface area contributed by atoms with Crippen LogP contribution in [-0.4, -0.2) is 32.8 Å². The highest BCUT2D eigenvalue weighted by molar-refractivity contribution is 7.89. The molecule has 1 unspecified atom stereocenters. The van der Waals surface area contributed by atoms with Crippen LogP contribution in [0.4, 0.5) is 0 Å². The van der Waals surface area contributed by atoms with Gasteiger partial charge in [-0.1, -0.05) is 24.3 Å². The lowest BCUT2D eigenvalue weighted by atomic mass is 10.2. The van der Waals surface area contributed by atoms with Gasteiger partial charge in [-0.05, 0) is 36.9 Å². The number of benzene rings is 1. The van der Waals surface area contributed by atoms with Crippen LogP contribution in [0.3, 0.4) is 0 Å². The second kappa shape index (κ2) is 7.69. The molecule has 1 N–H and O–H groups in total. The fourth-order valence-corrected chi connectivity index (χ4v) is 4.16. The fraction of sp³-hybridized carbons (Fsp3) is 0.250. The van der Waals surface area contributed by atoms with Gasteiger partial charge in [-0.3, -0.25) is 4.79 Å². The second-order valence-corrected chi connectivity index (χ2v) is 7.54. The summed E-state index contributed by atoms with van der Waals surface area (Å²) in [5.74, 6) is -1.56. The van der Waals surface area contributed by atoms with Crippen LogP contribution < -0.4 is 4.72 Å². The van der Waals surface area contributed by atoms with Gasteiger partial charge < -0.3 is 4.74 Å². The molecular weight excluding hydrogens is 350 g/mol. The van der Waals surface area contributed by atoms with Crippen LogP contribution in [-0.2, 0) is 19.6 Å². The van der Waals surface area contributed by atoms with Crippen LogP contribution in [0.25, 0.3) is 0 Å². The first-order valence-corrected chi connectivity index (χ1v) is 9.55. The van der Waals surface area contributed by atoms with Gasteiger partial charge in [-0.15, -0.1) is 11.3 Å². The summed E-state index contributed by atoms with van der Waals surface area (Å²) in [6.07, 6.45) is 0. The van der Waals surface area contributed by atoms with Crippen molar-refractivity contribution in [1.82, 2.24) is 4.72 Å². The third kappa shape index (κ3) is 4.08. The minimum atomic E-state index is -4.06. The zero-order valence-electron chi connectivity index (χ0n) is 13.2. The third-order valence-corrected chi connectivity index (χ3v) is 5.67. The van der Waals surface area contributed by atoms with Crippen molar-refractivity contribution in [2.45, 2.75) is 24.8 Å². The number of sulfonamides is 1. The van der Waals surface area contributed by atoms with E-state index in [1.165, 1.54) is 12.1 Å². The molecule has 6 nitrogen and oxygen atoms in total. The maximum Gasteiger partial charge on any atom is 0.332 e. The van der Waals surface area contributed by atoms with E-state index in [0.29, 0.717) is 5.56 Å². The van der Waals surface area contributed by atoms with Crippen molar-refractivity contribution < 1.29 is 22.7 Å². The molecule has 0 fully saturated rings. The van der Waals surface area contributed by atoms with Crippen molar-refractivity contribution in [3.63, 3.8) is 0 Å². The number of ether oxygens (including phenoxy) is 1. The molecule has 0 spiro atoms. The maximum absolute atomic E-state index is 12.6. The summed E-state index contributed by atoms with van der Waals surface area (Å²) in [4.78, 5) is 24.9. The smallest absolute Gasteiger partial charge is 0.332 e. The summed E-state index contributed by atoms with van der Waals surface area (Å²) < 4.78 is 32.2. The number of thiophene rings is 1. The molecule has 8 heteroatoms. The Labute approximate surface area is 144 Å². The average Bonchev–Trinajstić information content (AvgIpc) is 3.07. The Balaban J connectivity index is 2.36. The minimum absolute atomic E-state index is 0.0123. The number of carbonyl (C=O) groups excluding carboxylic acids is 2. The van der Waals surface area contributed by atoms with E-state index in [0.717, 1.165) is 11.3 Å². The molecule has 0 saturated carbocycles. The van der Waals surface area contributed by atoms with Gasteiger partial charge in [0, 0.05) is 0 Å². The summed E-state index contributed by atoms with van der Waals surface area (Å²) in [7, 11) is -4.06. The lowest BCUT2D eigenvalue weighted by molar-refractivity contribution is -0.143. The standard InChI is InChI=1S/C16H17NO5S2/c1-3-22-16(19)14(15(18)12-8-6-10-23-12)17-24(20,21)13-9-5-4-7-11(13)2/h4-10,14,17H,3H2,1-2H3. The first-order valence-electron chi connectivity index (χ1n) is 7.19. The second-order valence-electron chi connectivity index (χ2n) is 4.91. The molecule has 1 heterocycles. The number of carbonyl (C=O) groups is 2. The number of aryl methyl sites for hydroxylation is 1. The van der Waals surface area contributed by atoms with Crippen LogP contribution in [0, 0.1) is 6.92 Å². The molecule has 128 valence electrons. The summed E-state index contributed by atoms with van der Waals surface area (Å²) in [6.45, 7) is 3.26. The molecule has 2 rings (SSSR count). The molecular formula is C16H17NO5S2. The zero-order valence-corrected chi connectivity index (χ0v) is 14.8. The van der Waals surface area contributed by atoms with Crippen LogP contribution in [0.15, 0.2) is 46.7 Å². The average molecular weight is 367 g/mol. The van der Waals surface area contributed by atoms with Gasteiger partial charge in [-0.2, -0.15) is 4.72 Å². The van der Waals surface area contributed by atoms with E-state index < -0.39 is 27.8 Å². The zero-order chi connectivity index (χ0) is 17.7. The van der Waals surface area contributed by atoms with Gasteiger partial charge in [0.25, 0.3) is 0 Å². The summed E-state index contributed by atoms with van der Waals surface area (Å²) in [5.41, 5.74) is 0.510. The van der Waals surface area contributed by atoms with Gasteiger partial charge in [0.15, 0.2) is 6.04 Å². The molecule has 0 saturated heterocycles. The van der Waals surface area contributed by atoms with E-state index in [1.807, 2.05) is 0 Å². The SMILES string of the molecule is CCOC(=O)C(NS(=O)(=O)c1ccccc1C)C(=O)c1cccs1. The molecule has 24 heavy (non-hydrogen) atoms. The Morgan fingerprint density at radius 1 is 1.21 bits per heavy atom. The van der Waals surface area contributed by atoms with Crippen molar-refractivity contribution in [3.8, 4) is 0 Å². The fourth-order valence-electron chi connectivity index (χ4n) is 2.07. The van der Waals surface area contributed by atoms with Gasteiger partial charge >= 0.3 is 5.97 Å². The first-order chi connectivity index (χ1) is 11.4. The van der Waals surface area contributed by atoms with Crippen LogP contribution >= 0.6 is 11.3 Å². The van der Waals surface area contributed by atoms with Gasteiger partial charge in [0.05, 0.1) is 16.4 Å². The Morgan fingerprint density at radius 3 is 2.50 bits per heavy atom. The highest BCUT2D eigenvalue weighted by atomic mass is 32.2. The number of esters is 1. The van der Waals surface area contributed by atoms with Crippen molar-refractivity contribution in [2.75, 3.05) is 6.61 Å². The summed E-state index contributed by atoms with van der Waals surface area (Å²) in [6, 6.07) is 7.88. The van der Waals surface area contributed by atoms with E-state index in [9.17, 15) is 18.0 Å². The number of hydrogen-bond acceptors (Lipinski definition) is 6. The van der Waals surface area contributed by atoms with E-state index in [4.69, 9.17) is 4.74 Å². The Kier molecular flexibility index (Phi) is 5.87. The van der Waals surface area contributed by atoms with Gasteiger partial charge in [0.1, 0.15) is 0 Å². The highest BCUT2D eigenvalue weighted by Gasteiger charge is 2.34. The van der Waals surface area contributed by atoms with Crippen molar-refractivity contribution in [3.05, 3.63) is 52.2 Å². The molecule has 0 aliphatic rings. The molecule has 0 aliphatic carbocycles. The van der Waals surface area contributed by atoms with Crippen LogP contribution in [0.2, 0.25) is 0 Å². The molecule has 0 aliphatic heterocycles. The Morgan fingerprint density at radius 2 is 1.92 bits per heavy atom. The summed E-state index contributed by atoms with van der Waals surface area (Å²) in [5, 5.41) is 1.67. The highest BCUT2D eigenvalue weighted by Crippen LogP contribution is 2.17. The van der Waals surface area contributed by atoms with Crippen molar-refractivity contribution in [2.24, 2.45) is 0 Å². The molecule has 1 atom stereocenters.